The van der Waals surface area contributed by atoms with E-state index in [4.69, 9.17) is 9.47 Å². The summed E-state index contributed by atoms with van der Waals surface area (Å²) in [6.45, 7) is 0. The monoisotopic (exact) mass is 355 g/mol. The van der Waals surface area contributed by atoms with Gasteiger partial charge in [-0.15, -0.1) is 11.3 Å². The van der Waals surface area contributed by atoms with Gasteiger partial charge in [-0.2, -0.15) is 0 Å². The molecule has 2 aromatic rings. The zero-order valence-electron chi connectivity index (χ0n) is 11.2. The Balaban J connectivity index is 1.82. The molecule has 4 nitrogen and oxygen atoms in total. The number of aromatic nitrogens is 1. The SMILES string of the molecule is COC(=O)C1CC(c2nc3cc(OC)c(Br)cc3s2)C1. The molecule has 1 heterocycles. The summed E-state index contributed by atoms with van der Waals surface area (Å²) in [4.78, 5) is 16.1. The summed E-state index contributed by atoms with van der Waals surface area (Å²) in [6, 6.07) is 3.97. The van der Waals surface area contributed by atoms with Gasteiger partial charge in [0.15, 0.2) is 0 Å². The van der Waals surface area contributed by atoms with Crippen LogP contribution in [0.15, 0.2) is 16.6 Å². The number of nitrogens with zero attached hydrogens (tertiary/aromatic N) is 1. The number of carbonyl (C=O) groups excluding carboxylic acids is 1. The van der Waals surface area contributed by atoms with E-state index in [0.29, 0.717) is 5.92 Å². The second-order valence-electron chi connectivity index (χ2n) is 4.89. The maximum atomic E-state index is 11.4. The number of ether oxygens (including phenoxy) is 2. The van der Waals surface area contributed by atoms with Gasteiger partial charge >= 0.3 is 5.97 Å². The molecule has 0 atom stereocenters. The molecule has 0 N–H and O–H groups in total. The lowest BCUT2D eigenvalue weighted by molar-refractivity contribution is -0.148. The number of rotatable bonds is 3. The lowest BCUT2D eigenvalue weighted by atomic mass is 9.75. The van der Waals surface area contributed by atoms with E-state index < -0.39 is 0 Å². The summed E-state index contributed by atoms with van der Waals surface area (Å²) in [7, 11) is 3.09. The number of thiazole rings is 1. The lowest BCUT2D eigenvalue weighted by Crippen LogP contribution is -2.29. The summed E-state index contributed by atoms with van der Waals surface area (Å²) in [5.74, 6) is 1.10. The Morgan fingerprint density at radius 3 is 2.80 bits per heavy atom. The molecule has 20 heavy (non-hydrogen) atoms. The van der Waals surface area contributed by atoms with Crippen LogP contribution in [0.1, 0.15) is 23.8 Å². The zero-order valence-corrected chi connectivity index (χ0v) is 13.6. The van der Waals surface area contributed by atoms with Crippen molar-refractivity contribution in [3.8, 4) is 5.75 Å². The van der Waals surface area contributed by atoms with Crippen LogP contribution in [0.4, 0.5) is 0 Å². The molecule has 0 spiro atoms. The lowest BCUT2D eigenvalue weighted by Gasteiger charge is -2.31. The minimum atomic E-state index is -0.105. The van der Waals surface area contributed by atoms with E-state index in [1.807, 2.05) is 12.1 Å². The van der Waals surface area contributed by atoms with Crippen molar-refractivity contribution < 1.29 is 14.3 Å². The van der Waals surface area contributed by atoms with Crippen LogP contribution in [-0.4, -0.2) is 25.2 Å². The third kappa shape index (κ3) is 2.31. The maximum absolute atomic E-state index is 11.4. The summed E-state index contributed by atoms with van der Waals surface area (Å²) >= 11 is 5.17. The highest BCUT2D eigenvalue weighted by atomic mass is 79.9. The third-order valence-electron chi connectivity index (χ3n) is 3.70. The average Bonchev–Trinajstić information content (AvgIpc) is 2.77. The van der Waals surface area contributed by atoms with Crippen molar-refractivity contribution in [3.05, 3.63) is 21.6 Å². The first kappa shape index (κ1) is 13.8. The van der Waals surface area contributed by atoms with Gasteiger partial charge in [0.25, 0.3) is 0 Å². The molecule has 0 bridgehead atoms. The van der Waals surface area contributed by atoms with Gasteiger partial charge in [0.2, 0.25) is 0 Å². The van der Waals surface area contributed by atoms with Gasteiger partial charge in [0.05, 0.1) is 39.8 Å². The molecule has 1 aliphatic carbocycles. The van der Waals surface area contributed by atoms with E-state index in [9.17, 15) is 4.79 Å². The molecule has 1 saturated carbocycles. The van der Waals surface area contributed by atoms with Crippen LogP contribution >= 0.6 is 27.3 Å². The standard InChI is InChI=1S/C14H14BrNO3S/c1-18-11-6-10-12(5-9(11)15)20-13(16-10)7-3-8(4-7)14(17)19-2/h5-8H,3-4H2,1-2H3. The summed E-state index contributed by atoms with van der Waals surface area (Å²) < 4.78 is 12.1. The minimum absolute atomic E-state index is 0.0401. The number of methoxy groups -OCH3 is 2. The molecule has 3 rings (SSSR count). The zero-order chi connectivity index (χ0) is 14.3. The molecule has 0 aliphatic heterocycles. The van der Waals surface area contributed by atoms with Crippen LogP contribution < -0.4 is 4.74 Å². The Kier molecular flexibility index (Phi) is 3.69. The number of carbonyl (C=O) groups is 1. The molecule has 0 amide bonds. The fourth-order valence-electron chi connectivity index (χ4n) is 2.46. The van der Waals surface area contributed by atoms with Crippen molar-refractivity contribution >= 4 is 43.5 Å². The number of esters is 1. The molecule has 6 heteroatoms. The van der Waals surface area contributed by atoms with Gasteiger partial charge in [0, 0.05) is 12.0 Å². The number of fused-ring (bicyclic) bond motifs is 1. The van der Waals surface area contributed by atoms with E-state index in [2.05, 4.69) is 20.9 Å². The Bertz CT molecular complexity index is 664. The van der Waals surface area contributed by atoms with Crippen molar-refractivity contribution in [1.82, 2.24) is 4.98 Å². The second-order valence-corrected chi connectivity index (χ2v) is 6.81. The molecule has 0 unspecified atom stereocenters. The van der Waals surface area contributed by atoms with E-state index in [1.165, 1.54) is 7.11 Å². The van der Waals surface area contributed by atoms with E-state index in [1.54, 1.807) is 18.4 Å². The molecular formula is C14H14BrNO3S. The van der Waals surface area contributed by atoms with Gasteiger partial charge in [0.1, 0.15) is 5.75 Å². The highest BCUT2D eigenvalue weighted by Gasteiger charge is 2.37. The predicted molar refractivity (Wildman–Crippen MR) is 81.4 cm³/mol. The topological polar surface area (TPSA) is 48.4 Å². The van der Waals surface area contributed by atoms with Crippen molar-refractivity contribution in [2.24, 2.45) is 5.92 Å². The maximum Gasteiger partial charge on any atom is 0.308 e. The first-order valence-electron chi connectivity index (χ1n) is 6.34. The Morgan fingerprint density at radius 2 is 2.15 bits per heavy atom. The van der Waals surface area contributed by atoms with Crippen molar-refractivity contribution in [1.29, 1.82) is 0 Å². The van der Waals surface area contributed by atoms with Crippen molar-refractivity contribution in [3.63, 3.8) is 0 Å². The quantitative estimate of drug-likeness (QED) is 0.787. The van der Waals surface area contributed by atoms with Gasteiger partial charge in [-0.05, 0) is 34.8 Å². The number of hydrogen-bond acceptors (Lipinski definition) is 5. The molecule has 1 aromatic carbocycles. The third-order valence-corrected chi connectivity index (χ3v) is 5.50. The number of halogens is 1. The Labute approximate surface area is 129 Å². The van der Waals surface area contributed by atoms with Crippen molar-refractivity contribution in [2.45, 2.75) is 18.8 Å². The molecular weight excluding hydrogens is 342 g/mol. The van der Waals surface area contributed by atoms with Crippen LogP contribution in [-0.2, 0) is 9.53 Å². The first-order chi connectivity index (χ1) is 9.62. The van der Waals surface area contributed by atoms with Crippen LogP contribution in [0, 0.1) is 5.92 Å². The Morgan fingerprint density at radius 1 is 1.40 bits per heavy atom. The molecule has 0 radical (unpaired) electrons. The molecule has 1 fully saturated rings. The average molecular weight is 356 g/mol. The largest absolute Gasteiger partial charge is 0.495 e. The molecule has 0 saturated heterocycles. The highest BCUT2D eigenvalue weighted by Crippen LogP contribution is 2.45. The first-order valence-corrected chi connectivity index (χ1v) is 7.95. The molecule has 1 aliphatic rings. The van der Waals surface area contributed by atoms with E-state index in [0.717, 1.165) is 38.3 Å². The van der Waals surface area contributed by atoms with Gasteiger partial charge in [-0.25, -0.2) is 4.98 Å². The van der Waals surface area contributed by atoms with Crippen LogP contribution in [0.3, 0.4) is 0 Å². The van der Waals surface area contributed by atoms with Gasteiger partial charge < -0.3 is 9.47 Å². The predicted octanol–water partition coefficient (Wildman–Crippen LogP) is 3.73. The number of benzene rings is 1. The second kappa shape index (κ2) is 5.33. The van der Waals surface area contributed by atoms with Gasteiger partial charge in [-0.1, -0.05) is 0 Å². The smallest absolute Gasteiger partial charge is 0.308 e. The van der Waals surface area contributed by atoms with Crippen LogP contribution in [0.25, 0.3) is 10.2 Å². The molecule has 106 valence electrons. The summed E-state index contributed by atoms with van der Waals surface area (Å²) in [6.07, 6.45) is 1.68. The van der Waals surface area contributed by atoms with E-state index in [-0.39, 0.29) is 11.9 Å². The van der Waals surface area contributed by atoms with Crippen LogP contribution in [0.5, 0.6) is 5.75 Å². The van der Waals surface area contributed by atoms with E-state index >= 15 is 0 Å². The highest BCUT2D eigenvalue weighted by molar-refractivity contribution is 9.10. The fraction of sp³-hybridized carbons (Fsp3) is 0.429. The van der Waals surface area contributed by atoms with Crippen LogP contribution in [0.2, 0.25) is 0 Å². The van der Waals surface area contributed by atoms with Crippen molar-refractivity contribution in [2.75, 3.05) is 14.2 Å². The van der Waals surface area contributed by atoms with Gasteiger partial charge in [-0.3, -0.25) is 4.79 Å². The fourth-order valence-corrected chi connectivity index (χ4v) is 4.23. The summed E-state index contributed by atoms with van der Waals surface area (Å²) in [5.41, 5.74) is 0.951. The number of hydrogen-bond donors (Lipinski definition) is 0. The summed E-state index contributed by atoms with van der Waals surface area (Å²) in [5, 5.41) is 1.10. The Hall–Kier alpha value is -1.14. The normalized spacial score (nSPS) is 21.6. The molecule has 1 aromatic heterocycles. The minimum Gasteiger partial charge on any atom is -0.495 e.